The van der Waals surface area contributed by atoms with Crippen LogP contribution in [-0.4, -0.2) is 34.7 Å². The molecule has 96 valence electrons. The first-order valence-electron chi connectivity index (χ1n) is 5.63. The van der Waals surface area contributed by atoms with Crippen LogP contribution in [0.15, 0.2) is 18.2 Å². The normalized spacial score (nSPS) is 15.3. The van der Waals surface area contributed by atoms with E-state index in [-0.39, 0.29) is 11.6 Å². The minimum Gasteiger partial charge on any atom is -0.338 e. The van der Waals surface area contributed by atoms with E-state index >= 15 is 0 Å². The summed E-state index contributed by atoms with van der Waals surface area (Å²) in [6.45, 7) is 2.96. The molecule has 1 saturated heterocycles. The standard InChI is InChI=1S/C12H13ClN2O3/c1-8-4-10(2-3-11(8)15(17)18)12(16)14-6-9(5-13)7-14/h2-4,9H,5-7H2,1H3. The molecular formula is C12H13ClN2O3. The third kappa shape index (κ3) is 2.31. The van der Waals surface area contributed by atoms with Gasteiger partial charge in [0, 0.05) is 42.1 Å². The Hall–Kier alpha value is -1.62. The largest absolute Gasteiger partial charge is 0.338 e. The Morgan fingerprint density at radius 1 is 1.56 bits per heavy atom. The predicted octanol–water partition coefficient (Wildman–Crippen LogP) is 2.21. The molecule has 0 bridgehead atoms. The Bertz CT molecular complexity index is 498. The fourth-order valence-electron chi connectivity index (χ4n) is 2.01. The molecule has 0 unspecified atom stereocenters. The highest BCUT2D eigenvalue weighted by atomic mass is 35.5. The van der Waals surface area contributed by atoms with E-state index in [0.29, 0.717) is 36.0 Å². The summed E-state index contributed by atoms with van der Waals surface area (Å²) < 4.78 is 0. The highest BCUT2D eigenvalue weighted by molar-refractivity contribution is 6.18. The highest BCUT2D eigenvalue weighted by Crippen LogP contribution is 2.23. The lowest BCUT2D eigenvalue weighted by Crippen LogP contribution is -2.50. The number of likely N-dealkylation sites (tertiary alicyclic amines) is 1. The summed E-state index contributed by atoms with van der Waals surface area (Å²) >= 11 is 5.69. The van der Waals surface area contributed by atoms with Crippen LogP contribution in [0.3, 0.4) is 0 Å². The average molecular weight is 269 g/mol. The molecule has 5 nitrogen and oxygen atoms in total. The Morgan fingerprint density at radius 2 is 2.22 bits per heavy atom. The quantitative estimate of drug-likeness (QED) is 0.480. The Balaban J connectivity index is 2.13. The maximum atomic E-state index is 12.0. The third-order valence-corrected chi connectivity index (χ3v) is 3.54. The van der Waals surface area contributed by atoms with Crippen molar-refractivity contribution in [3.63, 3.8) is 0 Å². The van der Waals surface area contributed by atoms with Crippen molar-refractivity contribution in [2.45, 2.75) is 6.92 Å². The van der Waals surface area contributed by atoms with Gasteiger partial charge in [0.1, 0.15) is 0 Å². The van der Waals surface area contributed by atoms with Gasteiger partial charge >= 0.3 is 0 Å². The van der Waals surface area contributed by atoms with Crippen LogP contribution in [0.5, 0.6) is 0 Å². The van der Waals surface area contributed by atoms with E-state index in [2.05, 4.69) is 0 Å². The number of nitro groups is 1. The highest BCUT2D eigenvalue weighted by Gasteiger charge is 2.30. The summed E-state index contributed by atoms with van der Waals surface area (Å²) in [5.41, 5.74) is 1.03. The van der Waals surface area contributed by atoms with Gasteiger partial charge in [-0.2, -0.15) is 0 Å². The molecular weight excluding hydrogens is 256 g/mol. The van der Waals surface area contributed by atoms with E-state index in [1.165, 1.54) is 12.1 Å². The fraction of sp³-hybridized carbons (Fsp3) is 0.417. The van der Waals surface area contributed by atoms with Crippen LogP contribution in [0.1, 0.15) is 15.9 Å². The van der Waals surface area contributed by atoms with Gasteiger partial charge in [-0.25, -0.2) is 0 Å². The number of halogens is 1. The van der Waals surface area contributed by atoms with E-state index in [1.807, 2.05) is 0 Å². The van der Waals surface area contributed by atoms with Gasteiger partial charge in [0.2, 0.25) is 0 Å². The molecule has 0 N–H and O–H groups in total. The van der Waals surface area contributed by atoms with Crippen molar-refractivity contribution in [3.8, 4) is 0 Å². The van der Waals surface area contributed by atoms with Crippen LogP contribution in [-0.2, 0) is 0 Å². The second-order valence-corrected chi connectivity index (χ2v) is 4.80. The van der Waals surface area contributed by atoms with Gasteiger partial charge in [0.25, 0.3) is 11.6 Å². The van der Waals surface area contributed by atoms with Crippen LogP contribution < -0.4 is 0 Å². The Labute approximate surface area is 109 Å². The molecule has 1 heterocycles. The number of carbonyl (C=O) groups is 1. The molecule has 0 saturated carbocycles. The van der Waals surface area contributed by atoms with Gasteiger partial charge < -0.3 is 4.90 Å². The molecule has 1 aromatic carbocycles. The third-order valence-electron chi connectivity index (χ3n) is 3.10. The average Bonchev–Trinajstić information content (AvgIpc) is 2.26. The molecule has 18 heavy (non-hydrogen) atoms. The lowest BCUT2D eigenvalue weighted by atomic mass is 10.0. The number of nitrogens with zero attached hydrogens (tertiary/aromatic N) is 2. The fourth-order valence-corrected chi connectivity index (χ4v) is 2.20. The number of carbonyl (C=O) groups excluding carboxylic acids is 1. The molecule has 0 aromatic heterocycles. The van der Waals surface area contributed by atoms with E-state index in [4.69, 9.17) is 11.6 Å². The van der Waals surface area contributed by atoms with Crippen LogP contribution in [0, 0.1) is 23.0 Å². The lowest BCUT2D eigenvalue weighted by Gasteiger charge is -2.38. The molecule has 0 atom stereocenters. The number of alkyl halides is 1. The Morgan fingerprint density at radius 3 is 2.72 bits per heavy atom. The first-order chi connectivity index (χ1) is 8.52. The number of aryl methyl sites for hydroxylation is 1. The maximum absolute atomic E-state index is 12.0. The van der Waals surface area contributed by atoms with Gasteiger partial charge in [-0.15, -0.1) is 11.6 Å². The van der Waals surface area contributed by atoms with Gasteiger partial charge in [0.15, 0.2) is 0 Å². The minimum atomic E-state index is -0.448. The van der Waals surface area contributed by atoms with Crippen molar-refractivity contribution in [2.75, 3.05) is 19.0 Å². The molecule has 0 radical (unpaired) electrons. The van der Waals surface area contributed by atoms with Gasteiger partial charge in [-0.1, -0.05) is 0 Å². The summed E-state index contributed by atoms with van der Waals surface area (Å²) in [7, 11) is 0. The van der Waals surface area contributed by atoms with E-state index in [9.17, 15) is 14.9 Å². The zero-order valence-electron chi connectivity index (χ0n) is 9.93. The summed E-state index contributed by atoms with van der Waals surface area (Å²) in [6, 6.07) is 4.44. The topological polar surface area (TPSA) is 63.5 Å². The molecule has 1 fully saturated rings. The summed E-state index contributed by atoms with van der Waals surface area (Å²) in [5, 5.41) is 10.7. The number of hydrogen-bond acceptors (Lipinski definition) is 3. The van der Waals surface area contributed by atoms with Gasteiger partial charge in [-0.3, -0.25) is 14.9 Å². The smallest absolute Gasteiger partial charge is 0.272 e. The summed E-state index contributed by atoms with van der Waals surface area (Å²) in [4.78, 5) is 24.0. The van der Waals surface area contributed by atoms with Crippen LogP contribution >= 0.6 is 11.6 Å². The van der Waals surface area contributed by atoms with Crippen molar-refractivity contribution < 1.29 is 9.72 Å². The van der Waals surface area contributed by atoms with Gasteiger partial charge in [-0.05, 0) is 19.1 Å². The van der Waals surface area contributed by atoms with Crippen molar-refractivity contribution in [3.05, 3.63) is 39.4 Å². The van der Waals surface area contributed by atoms with Crippen molar-refractivity contribution in [1.82, 2.24) is 4.90 Å². The van der Waals surface area contributed by atoms with Crippen LogP contribution in [0.4, 0.5) is 5.69 Å². The Kier molecular flexibility index (Phi) is 3.52. The number of amides is 1. The van der Waals surface area contributed by atoms with E-state index in [0.717, 1.165) is 0 Å². The number of hydrogen-bond donors (Lipinski definition) is 0. The second kappa shape index (κ2) is 4.94. The van der Waals surface area contributed by atoms with E-state index in [1.54, 1.807) is 17.9 Å². The zero-order valence-corrected chi connectivity index (χ0v) is 10.7. The van der Waals surface area contributed by atoms with Crippen LogP contribution in [0.25, 0.3) is 0 Å². The van der Waals surface area contributed by atoms with E-state index < -0.39 is 4.92 Å². The molecule has 2 rings (SSSR count). The van der Waals surface area contributed by atoms with Gasteiger partial charge in [0.05, 0.1) is 4.92 Å². The first-order valence-corrected chi connectivity index (χ1v) is 6.16. The number of rotatable bonds is 3. The second-order valence-electron chi connectivity index (χ2n) is 4.49. The molecule has 6 heteroatoms. The lowest BCUT2D eigenvalue weighted by molar-refractivity contribution is -0.385. The minimum absolute atomic E-state index is 0.0359. The first kappa shape index (κ1) is 12.8. The van der Waals surface area contributed by atoms with Crippen LogP contribution in [0.2, 0.25) is 0 Å². The predicted molar refractivity (Wildman–Crippen MR) is 67.9 cm³/mol. The molecule has 0 aliphatic carbocycles. The number of benzene rings is 1. The molecule has 1 aromatic rings. The number of nitro benzene ring substituents is 1. The monoisotopic (exact) mass is 268 g/mol. The summed E-state index contributed by atoms with van der Waals surface area (Å²) in [5.74, 6) is 0.840. The summed E-state index contributed by atoms with van der Waals surface area (Å²) in [6.07, 6.45) is 0. The molecule has 1 aliphatic heterocycles. The van der Waals surface area contributed by atoms with Crippen molar-refractivity contribution >= 4 is 23.2 Å². The zero-order chi connectivity index (χ0) is 13.3. The SMILES string of the molecule is Cc1cc(C(=O)N2CC(CCl)C2)ccc1[N+](=O)[O-]. The molecule has 1 aliphatic rings. The molecule has 0 spiro atoms. The molecule has 1 amide bonds. The van der Waals surface area contributed by atoms with Crippen molar-refractivity contribution in [2.24, 2.45) is 5.92 Å². The maximum Gasteiger partial charge on any atom is 0.272 e. The van der Waals surface area contributed by atoms with Crippen molar-refractivity contribution in [1.29, 1.82) is 0 Å².